The molecule has 150 valence electrons. The van der Waals surface area contributed by atoms with Crippen LogP contribution < -0.4 is 0 Å². The maximum absolute atomic E-state index is 12.7. The third-order valence-corrected chi connectivity index (χ3v) is 9.68. The van der Waals surface area contributed by atoms with E-state index in [4.69, 9.17) is 0 Å². The van der Waals surface area contributed by atoms with Gasteiger partial charge in [-0.05, 0) is 61.6 Å². The van der Waals surface area contributed by atoms with E-state index in [-0.39, 0.29) is 5.91 Å². The molecule has 1 aromatic heterocycles. The van der Waals surface area contributed by atoms with Crippen LogP contribution in [-0.2, 0) is 27.7 Å². The second-order valence-corrected chi connectivity index (χ2v) is 11.7. The lowest BCUT2D eigenvalue weighted by molar-refractivity contribution is -0.129. The molecule has 0 saturated carbocycles. The van der Waals surface area contributed by atoms with E-state index in [0.717, 1.165) is 22.6 Å². The van der Waals surface area contributed by atoms with E-state index in [1.165, 1.54) is 33.2 Å². The second-order valence-electron chi connectivity index (χ2n) is 7.22. The molecule has 0 N–H and O–H groups in total. The zero-order valence-electron chi connectivity index (χ0n) is 15.9. The summed E-state index contributed by atoms with van der Waals surface area (Å²) in [5.41, 5.74) is 2.86. The van der Waals surface area contributed by atoms with E-state index in [1.54, 1.807) is 22.7 Å². The van der Waals surface area contributed by atoms with E-state index < -0.39 is 10.0 Å². The van der Waals surface area contributed by atoms with Gasteiger partial charge in [-0.15, -0.1) is 23.1 Å². The average Bonchev–Trinajstić information content (AvgIpc) is 3.34. The van der Waals surface area contributed by atoms with Crippen LogP contribution in [0.15, 0.2) is 39.4 Å². The van der Waals surface area contributed by atoms with Gasteiger partial charge in [0.05, 0.1) is 5.75 Å². The lowest BCUT2D eigenvalue weighted by Gasteiger charge is -2.33. The first-order valence-corrected chi connectivity index (χ1v) is 12.8. The fourth-order valence-electron chi connectivity index (χ4n) is 3.73. The van der Waals surface area contributed by atoms with Crippen molar-refractivity contribution < 1.29 is 13.2 Å². The fraction of sp³-hybridized carbons (Fsp3) is 0.450. The Bertz CT molecular complexity index is 976. The molecule has 0 radical (unpaired) electrons. The third kappa shape index (κ3) is 4.15. The summed E-state index contributed by atoms with van der Waals surface area (Å²) in [6.45, 7) is 3.52. The summed E-state index contributed by atoms with van der Waals surface area (Å²) < 4.78 is 27.3. The molecule has 1 aromatic carbocycles. The zero-order chi connectivity index (χ0) is 19.7. The number of thioether (sulfide) groups is 1. The minimum atomic E-state index is -3.44. The van der Waals surface area contributed by atoms with Crippen LogP contribution in [-0.4, -0.2) is 55.5 Å². The Balaban J connectivity index is 1.30. The molecule has 0 bridgehead atoms. The van der Waals surface area contributed by atoms with Crippen molar-refractivity contribution in [2.45, 2.75) is 35.3 Å². The van der Waals surface area contributed by atoms with Crippen LogP contribution >= 0.6 is 23.1 Å². The molecule has 2 aromatic rings. The molecule has 1 aliphatic heterocycles. The lowest BCUT2D eigenvalue weighted by Crippen LogP contribution is -2.50. The molecule has 0 atom stereocenters. The highest BCUT2D eigenvalue weighted by molar-refractivity contribution is 8.00. The lowest BCUT2D eigenvalue weighted by atomic mass is 10.1. The van der Waals surface area contributed by atoms with Gasteiger partial charge >= 0.3 is 0 Å². The fourth-order valence-corrected chi connectivity index (χ4v) is 7.45. The van der Waals surface area contributed by atoms with E-state index in [9.17, 15) is 13.2 Å². The van der Waals surface area contributed by atoms with Crippen molar-refractivity contribution in [2.24, 2.45) is 0 Å². The summed E-state index contributed by atoms with van der Waals surface area (Å²) in [6.07, 6.45) is 3.52. The van der Waals surface area contributed by atoms with Gasteiger partial charge in [0, 0.05) is 36.0 Å². The third-order valence-electron chi connectivity index (χ3n) is 5.33. The van der Waals surface area contributed by atoms with Crippen LogP contribution in [0.1, 0.15) is 22.4 Å². The van der Waals surface area contributed by atoms with Gasteiger partial charge in [0.15, 0.2) is 0 Å². The Hall–Kier alpha value is -1.35. The number of carbonyl (C=O) groups is 1. The number of rotatable bonds is 5. The molecule has 1 saturated heterocycles. The molecular formula is C20H24N2O3S3. The van der Waals surface area contributed by atoms with Crippen molar-refractivity contribution in [3.05, 3.63) is 46.3 Å². The summed E-state index contributed by atoms with van der Waals surface area (Å²) in [5, 5.41) is 0. The minimum Gasteiger partial charge on any atom is -0.339 e. The molecule has 1 aliphatic carbocycles. The van der Waals surface area contributed by atoms with E-state index >= 15 is 0 Å². The van der Waals surface area contributed by atoms with Crippen LogP contribution in [0.5, 0.6) is 0 Å². The highest BCUT2D eigenvalue weighted by Crippen LogP contribution is 2.28. The van der Waals surface area contributed by atoms with Gasteiger partial charge in [0.2, 0.25) is 5.91 Å². The number of nitrogens with zero attached hydrogens (tertiary/aromatic N) is 2. The molecule has 2 aliphatic rings. The Morgan fingerprint density at radius 3 is 2.54 bits per heavy atom. The number of piperazine rings is 1. The van der Waals surface area contributed by atoms with Gasteiger partial charge < -0.3 is 4.90 Å². The van der Waals surface area contributed by atoms with Crippen molar-refractivity contribution in [1.82, 2.24) is 9.21 Å². The summed E-state index contributed by atoms with van der Waals surface area (Å²) in [4.78, 5) is 16.5. The smallest absolute Gasteiger partial charge is 0.252 e. The summed E-state index contributed by atoms with van der Waals surface area (Å²) in [6, 6.07) is 10.0. The largest absolute Gasteiger partial charge is 0.339 e. The monoisotopic (exact) mass is 436 g/mol. The molecule has 28 heavy (non-hydrogen) atoms. The summed E-state index contributed by atoms with van der Waals surface area (Å²) >= 11 is 2.87. The summed E-state index contributed by atoms with van der Waals surface area (Å²) in [7, 11) is -3.44. The van der Waals surface area contributed by atoms with Crippen LogP contribution in [0.2, 0.25) is 0 Å². The number of hydrogen-bond acceptors (Lipinski definition) is 5. The second kappa shape index (κ2) is 8.18. The molecule has 0 unspecified atom stereocenters. The Morgan fingerprint density at radius 2 is 1.82 bits per heavy atom. The Labute approximate surface area is 174 Å². The first kappa shape index (κ1) is 19.9. The molecule has 2 heterocycles. The SMILES string of the molecule is Cc1ccc(S(=O)(=O)N2CCN(C(=O)CSc3ccc4c(c3)CCC4)CC2)s1. The van der Waals surface area contributed by atoms with E-state index in [1.807, 2.05) is 13.0 Å². The maximum Gasteiger partial charge on any atom is 0.252 e. The number of amides is 1. The van der Waals surface area contributed by atoms with Crippen molar-refractivity contribution in [2.75, 3.05) is 31.9 Å². The highest BCUT2D eigenvalue weighted by Gasteiger charge is 2.30. The van der Waals surface area contributed by atoms with E-state index in [0.29, 0.717) is 36.1 Å². The molecule has 0 spiro atoms. The predicted molar refractivity (Wildman–Crippen MR) is 114 cm³/mol. The number of aryl methyl sites for hydroxylation is 3. The average molecular weight is 437 g/mol. The Kier molecular flexibility index (Phi) is 5.83. The van der Waals surface area contributed by atoms with Crippen LogP contribution in [0.25, 0.3) is 0 Å². The van der Waals surface area contributed by atoms with Crippen LogP contribution in [0.3, 0.4) is 0 Å². The standard InChI is InChI=1S/C20H24N2O3S3/c1-15-5-8-20(27-15)28(24,25)22-11-9-21(10-12-22)19(23)14-26-18-7-6-16-3-2-4-17(16)13-18/h5-8,13H,2-4,9-12,14H2,1H3. The molecule has 5 nitrogen and oxygen atoms in total. The van der Waals surface area contributed by atoms with Gasteiger partial charge in [0.25, 0.3) is 10.0 Å². The van der Waals surface area contributed by atoms with Gasteiger partial charge in [-0.1, -0.05) is 6.07 Å². The van der Waals surface area contributed by atoms with E-state index in [2.05, 4.69) is 18.2 Å². The Morgan fingerprint density at radius 1 is 1.07 bits per heavy atom. The van der Waals surface area contributed by atoms with Gasteiger partial charge in [0.1, 0.15) is 4.21 Å². The number of carbonyl (C=O) groups excluding carboxylic acids is 1. The molecular weight excluding hydrogens is 412 g/mol. The van der Waals surface area contributed by atoms with Crippen molar-refractivity contribution >= 4 is 39.0 Å². The number of fused-ring (bicyclic) bond motifs is 1. The van der Waals surface area contributed by atoms with Crippen LogP contribution in [0, 0.1) is 6.92 Å². The maximum atomic E-state index is 12.7. The molecule has 4 rings (SSSR count). The number of sulfonamides is 1. The first-order valence-electron chi connectivity index (χ1n) is 9.52. The minimum absolute atomic E-state index is 0.0783. The van der Waals surface area contributed by atoms with Crippen molar-refractivity contribution in [3.8, 4) is 0 Å². The number of hydrogen-bond donors (Lipinski definition) is 0. The first-order chi connectivity index (χ1) is 13.4. The van der Waals surface area contributed by atoms with Gasteiger partial charge in [-0.25, -0.2) is 8.42 Å². The normalized spacial score (nSPS) is 17.7. The number of benzene rings is 1. The molecule has 1 amide bonds. The predicted octanol–water partition coefficient (Wildman–Crippen LogP) is 3.17. The van der Waals surface area contributed by atoms with Crippen LogP contribution in [0.4, 0.5) is 0 Å². The molecule has 8 heteroatoms. The van der Waals surface area contributed by atoms with Gasteiger partial charge in [-0.2, -0.15) is 4.31 Å². The van der Waals surface area contributed by atoms with Gasteiger partial charge in [-0.3, -0.25) is 4.79 Å². The van der Waals surface area contributed by atoms with Crippen molar-refractivity contribution in [1.29, 1.82) is 0 Å². The quantitative estimate of drug-likeness (QED) is 0.676. The zero-order valence-corrected chi connectivity index (χ0v) is 18.3. The topological polar surface area (TPSA) is 57.7 Å². The summed E-state index contributed by atoms with van der Waals surface area (Å²) in [5.74, 6) is 0.477. The van der Waals surface area contributed by atoms with Crippen molar-refractivity contribution in [3.63, 3.8) is 0 Å². The molecule has 1 fully saturated rings. The number of thiophene rings is 1. The highest BCUT2D eigenvalue weighted by atomic mass is 32.2.